The van der Waals surface area contributed by atoms with Gasteiger partial charge in [-0.25, -0.2) is 4.98 Å². The number of ether oxygens (including phenoxy) is 1. The quantitative estimate of drug-likeness (QED) is 0.863. The number of benzene rings is 1. The lowest BCUT2D eigenvalue weighted by molar-refractivity contribution is 0.0945. The molecule has 2 aromatic rings. The summed E-state index contributed by atoms with van der Waals surface area (Å²) in [6.45, 7) is 6.66. The number of hydrogen-bond donors (Lipinski definition) is 1. The highest BCUT2D eigenvalue weighted by Gasteiger charge is 2.20. The van der Waals surface area contributed by atoms with Crippen LogP contribution in [0.2, 0.25) is 0 Å². The third-order valence-corrected chi connectivity index (χ3v) is 4.63. The molecule has 26 heavy (non-hydrogen) atoms. The summed E-state index contributed by atoms with van der Waals surface area (Å²) < 4.78 is 5.61. The molecule has 0 spiro atoms. The van der Waals surface area contributed by atoms with Gasteiger partial charge < -0.3 is 15.0 Å². The number of anilines is 1. The van der Waals surface area contributed by atoms with E-state index in [-0.39, 0.29) is 12.0 Å². The molecule has 1 fully saturated rings. The van der Waals surface area contributed by atoms with Crippen molar-refractivity contribution in [1.82, 2.24) is 10.3 Å². The molecule has 5 heteroatoms. The minimum atomic E-state index is -0.0201. The van der Waals surface area contributed by atoms with Gasteiger partial charge in [-0.15, -0.1) is 0 Å². The number of pyridine rings is 1. The minimum Gasteiger partial charge on any atom is -0.491 e. The van der Waals surface area contributed by atoms with E-state index in [1.807, 2.05) is 56.4 Å². The second-order valence-corrected chi connectivity index (χ2v) is 7.02. The molecule has 1 aromatic carbocycles. The number of piperidine rings is 1. The fraction of sp³-hybridized carbons (Fsp3) is 0.429. The Hall–Kier alpha value is -2.56. The van der Waals surface area contributed by atoms with E-state index >= 15 is 0 Å². The van der Waals surface area contributed by atoms with Gasteiger partial charge in [0.2, 0.25) is 0 Å². The van der Waals surface area contributed by atoms with Crippen molar-refractivity contribution in [3.63, 3.8) is 0 Å². The Kier molecular flexibility index (Phi) is 6.10. The number of aromatic nitrogens is 1. The molecule has 5 nitrogen and oxygen atoms in total. The first kappa shape index (κ1) is 18.2. The molecule has 0 radical (unpaired) electrons. The molecule has 1 amide bonds. The smallest absolute Gasteiger partial charge is 0.251 e. The van der Waals surface area contributed by atoms with Crippen molar-refractivity contribution in [3.8, 4) is 5.75 Å². The Morgan fingerprint density at radius 2 is 1.92 bits per heavy atom. The van der Waals surface area contributed by atoms with Crippen LogP contribution in [0.15, 0.2) is 48.7 Å². The lowest BCUT2D eigenvalue weighted by atomic mass is 9.96. The summed E-state index contributed by atoms with van der Waals surface area (Å²) in [6, 6.07) is 13.3. The van der Waals surface area contributed by atoms with Gasteiger partial charge in [0.05, 0.1) is 6.10 Å². The SMILES string of the molecule is CC(C)Oc1ccc(C(=O)NCC2CCN(c3ccccn3)CC2)cc1. The van der Waals surface area contributed by atoms with Gasteiger partial charge in [0.25, 0.3) is 5.91 Å². The highest BCUT2D eigenvalue weighted by Crippen LogP contribution is 2.21. The zero-order valence-corrected chi connectivity index (χ0v) is 15.5. The molecule has 0 saturated carbocycles. The van der Waals surface area contributed by atoms with Crippen LogP contribution in [-0.4, -0.2) is 36.6 Å². The molecule has 3 rings (SSSR count). The van der Waals surface area contributed by atoms with Gasteiger partial charge in [-0.1, -0.05) is 6.07 Å². The fourth-order valence-electron chi connectivity index (χ4n) is 3.20. The fourth-order valence-corrected chi connectivity index (χ4v) is 3.20. The first-order chi connectivity index (χ1) is 12.6. The molecule has 0 unspecified atom stereocenters. The average Bonchev–Trinajstić information content (AvgIpc) is 2.67. The molecular weight excluding hydrogens is 326 g/mol. The molecule has 1 aliphatic heterocycles. The van der Waals surface area contributed by atoms with Gasteiger partial charge in [-0.3, -0.25) is 4.79 Å². The first-order valence-corrected chi connectivity index (χ1v) is 9.32. The highest BCUT2D eigenvalue weighted by molar-refractivity contribution is 5.94. The Balaban J connectivity index is 1.44. The predicted molar refractivity (Wildman–Crippen MR) is 104 cm³/mol. The standard InChI is InChI=1S/C21H27N3O2/c1-16(2)26-19-8-6-18(7-9-19)21(25)23-15-17-10-13-24(14-11-17)20-5-3-4-12-22-20/h3-9,12,16-17H,10-11,13-15H2,1-2H3,(H,23,25). The highest BCUT2D eigenvalue weighted by atomic mass is 16.5. The molecule has 1 aromatic heterocycles. The van der Waals surface area contributed by atoms with Gasteiger partial charge in [-0.05, 0) is 69.0 Å². The van der Waals surface area contributed by atoms with Gasteiger partial charge >= 0.3 is 0 Å². The molecule has 2 heterocycles. The number of nitrogens with zero attached hydrogens (tertiary/aromatic N) is 2. The Morgan fingerprint density at radius 3 is 2.54 bits per heavy atom. The van der Waals surface area contributed by atoms with Crippen LogP contribution in [-0.2, 0) is 0 Å². The van der Waals surface area contributed by atoms with Crippen LogP contribution < -0.4 is 15.0 Å². The van der Waals surface area contributed by atoms with Crippen LogP contribution in [0, 0.1) is 5.92 Å². The predicted octanol–water partition coefficient (Wildman–Crippen LogP) is 3.52. The second kappa shape index (κ2) is 8.70. The van der Waals surface area contributed by atoms with Crippen molar-refractivity contribution in [3.05, 3.63) is 54.2 Å². The van der Waals surface area contributed by atoms with E-state index in [1.54, 1.807) is 0 Å². The average molecular weight is 353 g/mol. The zero-order valence-electron chi connectivity index (χ0n) is 15.5. The van der Waals surface area contributed by atoms with Gasteiger partial charge in [0, 0.05) is 31.4 Å². The monoisotopic (exact) mass is 353 g/mol. The summed E-state index contributed by atoms with van der Waals surface area (Å²) >= 11 is 0. The molecule has 0 aliphatic carbocycles. The normalized spacial score (nSPS) is 15.1. The van der Waals surface area contributed by atoms with E-state index in [1.165, 1.54) is 0 Å². The molecule has 0 bridgehead atoms. The van der Waals surface area contributed by atoms with Crippen molar-refractivity contribution >= 4 is 11.7 Å². The Bertz CT molecular complexity index is 693. The zero-order chi connectivity index (χ0) is 18.4. The lowest BCUT2D eigenvalue weighted by Gasteiger charge is -2.32. The van der Waals surface area contributed by atoms with Gasteiger partial charge in [0.15, 0.2) is 0 Å². The number of amides is 1. The lowest BCUT2D eigenvalue weighted by Crippen LogP contribution is -2.39. The van der Waals surface area contributed by atoms with Crippen LogP contribution >= 0.6 is 0 Å². The summed E-state index contributed by atoms with van der Waals surface area (Å²) in [7, 11) is 0. The van der Waals surface area contributed by atoms with E-state index in [9.17, 15) is 4.79 Å². The summed E-state index contributed by atoms with van der Waals surface area (Å²) in [5.74, 6) is 2.33. The number of carbonyl (C=O) groups is 1. The molecule has 1 saturated heterocycles. The first-order valence-electron chi connectivity index (χ1n) is 9.32. The maximum atomic E-state index is 12.3. The van der Waals surface area contributed by atoms with E-state index in [0.29, 0.717) is 11.5 Å². The number of hydrogen-bond acceptors (Lipinski definition) is 4. The van der Waals surface area contributed by atoms with E-state index in [2.05, 4.69) is 21.3 Å². The summed E-state index contributed by atoms with van der Waals surface area (Å²) in [5.41, 5.74) is 0.673. The molecule has 1 aliphatic rings. The van der Waals surface area contributed by atoms with Crippen LogP contribution in [0.4, 0.5) is 5.82 Å². The molecule has 0 atom stereocenters. The summed E-state index contributed by atoms with van der Waals surface area (Å²) in [4.78, 5) is 19.1. The molecule has 138 valence electrons. The number of carbonyl (C=O) groups excluding carboxylic acids is 1. The minimum absolute atomic E-state index is 0.0201. The van der Waals surface area contributed by atoms with Gasteiger partial charge in [-0.2, -0.15) is 0 Å². The van der Waals surface area contributed by atoms with E-state index < -0.39 is 0 Å². The van der Waals surface area contributed by atoms with Crippen LogP contribution in [0.1, 0.15) is 37.0 Å². The number of nitrogens with one attached hydrogen (secondary N) is 1. The molecule has 1 N–H and O–H groups in total. The van der Waals surface area contributed by atoms with Crippen LogP contribution in [0.25, 0.3) is 0 Å². The van der Waals surface area contributed by atoms with Crippen molar-refractivity contribution in [2.75, 3.05) is 24.5 Å². The number of rotatable bonds is 6. The van der Waals surface area contributed by atoms with Crippen LogP contribution in [0.3, 0.4) is 0 Å². The van der Waals surface area contributed by atoms with Crippen molar-refractivity contribution in [1.29, 1.82) is 0 Å². The van der Waals surface area contributed by atoms with Crippen LogP contribution in [0.5, 0.6) is 5.75 Å². The Labute approximate surface area is 155 Å². The van der Waals surface area contributed by atoms with Crippen molar-refractivity contribution in [2.45, 2.75) is 32.8 Å². The van der Waals surface area contributed by atoms with Crippen molar-refractivity contribution < 1.29 is 9.53 Å². The topological polar surface area (TPSA) is 54.5 Å². The maximum Gasteiger partial charge on any atom is 0.251 e. The third kappa shape index (κ3) is 4.97. The largest absolute Gasteiger partial charge is 0.491 e. The van der Waals surface area contributed by atoms with Crippen molar-refractivity contribution in [2.24, 2.45) is 5.92 Å². The summed E-state index contributed by atoms with van der Waals surface area (Å²) in [5, 5.41) is 3.07. The molecular formula is C21H27N3O2. The second-order valence-electron chi connectivity index (χ2n) is 7.02. The van der Waals surface area contributed by atoms with E-state index in [4.69, 9.17) is 4.74 Å². The maximum absolute atomic E-state index is 12.3. The Morgan fingerprint density at radius 1 is 1.19 bits per heavy atom. The van der Waals surface area contributed by atoms with Gasteiger partial charge in [0.1, 0.15) is 11.6 Å². The summed E-state index contributed by atoms with van der Waals surface area (Å²) in [6.07, 6.45) is 4.10. The third-order valence-electron chi connectivity index (χ3n) is 4.63. The van der Waals surface area contributed by atoms with E-state index in [0.717, 1.165) is 44.0 Å².